The summed E-state index contributed by atoms with van der Waals surface area (Å²) in [4.78, 5) is 11.5. The average molecular weight is 230 g/mol. The van der Waals surface area contributed by atoms with Crippen molar-refractivity contribution in [2.75, 3.05) is 13.7 Å². The van der Waals surface area contributed by atoms with Crippen molar-refractivity contribution in [3.8, 4) is 0 Å². The van der Waals surface area contributed by atoms with Gasteiger partial charge in [0.25, 0.3) is 0 Å². The number of hydrogen-bond donors (Lipinski definition) is 1. The molecular formula is C12H22O4. The molecule has 1 unspecified atom stereocenters. The number of methoxy groups -OCH3 is 1. The largest absolute Gasteiger partial charge is 0.466 e. The van der Waals surface area contributed by atoms with E-state index >= 15 is 0 Å². The highest BCUT2D eigenvalue weighted by Gasteiger charge is 2.28. The van der Waals surface area contributed by atoms with E-state index in [4.69, 9.17) is 9.47 Å². The van der Waals surface area contributed by atoms with Gasteiger partial charge in [-0.15, -0.1) is 0 Å². The van der Waals surface area contributed by atoms with Crippen molar-refractivity contribution in [3.63, 3.8) is 0 Å². The summed E-state index contributed by atoms with van der Waals surface area (Å²) in [5, 5.41) is 9.36. The van der Waals surface area contributed by atoms with Gasteiger partial charge in [0.1, 0.15) is 0 Å². The minimum Gasteiger partial charge on any atom is -0.466 e. The lowest BCUT2D eigenvalue weighted by Gasteiger charge is -2.28. The molecule has 1 aliphatic rings. The molecule has 16 heavy (non-hydrogen) atoms. The normalized spacial score (nSPS) is 27.4. The zero-order valence-electron chi connectivity index (χ0n) is 10.1. The summed E-state index contributed by atoms with van der Waals surface area (Å²) in [5.41, 5.74) is 0. The van der Waals surface area contributed by atoms with E-state index in [1.807, 2.05) is 6.92 Å². The van der Waals surface area contributed by atoms with Gasteiger partial charge in [0, 0.05) is 13.5 Å². The zero-order chi connectivity index (χ0) is 12.0. The number of carbonyl (C=O) groups is 1. The van der Waals surface area contributed by atoms with Crippen molar-refractivity contribution in [2.45, 2.75) is 45.3 Å². The van der Waals surface area contributed by atoms with Crippen LogP contribution in [0.3, 0.4) is 0 Å². The van der Waals surface area contributed by atoms with Gasteiger partial charge in [0.15, 0.2) is 6.29 Å². The topological polar surface area (TPSA) is 55.8 Å². The Kier molecular flexibility index (Phi) is 5.77. The van der Waals surface area contributed by atoms with Crippen LogP contribution in [0.4, 0.5) is 0 Å². The Balaban J connectivity index is 2.25. The third-order valence-corrected chi connectivity index (χ3v) is 3.27. The van der Waals surface area contributed by atoms with E-state index in [1.165, 1.54) is 7.11 Å². The fraction of sp³-hybridized carbons (Fsp3) is 0.917. The first-order valence-corrected chi connectivity index (χ1v) is 6.04. The second-order valence-corrected chi connectivity index (χ2v) is 4.40. The van der Waals surface area contributed by atoms with Crippen LogP contribution in [0.25, 0.3) is 0 Å². The third kappa shape index (κ3) is 4.10. The SMILES string of the molecule is CCOC(=O)C1CCC(CC(O)OC)CC1. The maximum absolute atomic E-state index is 11.5. The third-order valence-electron chi connectivity index (χ3n) is 3.27. The Morgan fingerprint density at radius 3 is 2.50 bits per heavy atom. The molecule has 0 amide bonds. The molecule has 94 valence electrons. The molecular weight excluding hydrogens is 208 g/mol. The van der Waals surface area contributed by atoms with Gasteiger partial charge in [-0.1, -0.05) is 0 Å². The molecule has 1 aliphatic carbocycles. The van der Waals surface area contributed by atoms with Gasteiger partial charge < -0.3 is 14.6 Å². The van der Waals surface area contributed by atoms with Crippen molar-refractivity contribution in [2.24, 2.45) is 11.8 Å². The number of carbonyl (C=O) groups excluding carboxylic acids is 1. The maximum Gasteiger partial charge on any atom is 0.308 e. The van der Waals surface area contributed by atoms with Crippen LogP contribution in [-0.2, 0) is 14.3 Å². The molecule has 1 saturated carbocycles. The molecule has 1 N–H and O–H groups in total. The van der Waals surface area contributed by atoms with Crippen molar-refractivity contribution >= 4 is 5.97 Å². The van der Waals surface area contributed by atoms with E-state index in [9.17, 15) is 9.90 Å². The Labute approximate surface area is 96.9 Å². The van der Waals surface area contributed by atoms with Gasteiger partial charge in [-0.05, 0) is 38.5 Å². The highest BCUT2D eigenvalue weighted by atomic mass is 16.6. The van der Waals surface area contributed by atoms with Gasteiger partial charge in [-0.3, -0.25) is 4.79 Å². The Morgan fingerprint density at radius 2 is 2.00 bits per heavy atom. The number of ether oxygens (including phenoxy) is 2. The molecule has 0 radical (unpaired) electrons. The molecule has 4 nitrogen and oxygen atoms in total. The first kappa shape index (κ1) is 13.5. The molecule has 0 saturated heterocycles. The van der Waals surface area contributed by atoms with Crippen molar-refractivity contribution in [1.29, 1.82) is 0 Å². The summed E-state index contributed by atoms with van der Waals surface area (Å²) in [6.07, 6.45) is 3.71. The lowest BCUT2D eigenvalue weighted by molar-refractivity contribution is -0.149. The highest BCUT2D eigenvalue weighted by molar-refractivity contribution is 5.72. The lowest BCUT2D eigenvalue weighted by atomic mass is 9.80. The molecule has 0 aromatic heterocycles. The quantitative estimate of drug-likeness (QED) is 0.577. The van der Waals surface area contributed by atoms with Crippen molar-refractivity contribution < 1.29 is 19.4 Å². The van der Waals surface area contributed by atoms with E-state index in [2.05, 4.69) is 0 Å². The number of aliphatic hydroxyl groups excluding tert-OH is 1. The van der Waals surface area contributed by atoms with Gasteiger partial charge >= 0.3 is 5.97 Å². The van der Waals surface area contributed by atoms with Crippen LogP contribution in [0.1, 0.15) is 39.0 Å². The number of rotatable bonds is 5. The van der Waals surface area contributed by atoms with E-state index in [1.54, 1.807) is 0 Å². The Hall–Kier alpha value is -0.610. The molecule has 0 spiro atoms. The molecule has 1 fully saturated rings. The van der Waals surface area contributed by atoms with E-state index in [0.717, 1.165) is 25.7 Å². The van der Waals surface area contributed by atoms with E-state index in [-0.39, 0.29) is 11.9 Å². The van der Waals surface area contributed by atoms with Gasteiger partial charge in [0.05, 0.1) is 12.5 Å². The number of esters is 1. The van der Waals surface area contributed by atoms with Gasteiger partial charge in [0.2, 0.25) is 0 Å². The molecule has 0 aliphatic heterocycles. The minimum absolute atomic E-state index is 0.0618. The summed E-state index contributed by atoms with van der Waals surface area (Å²) in [5.74, 6) is 0.477. The second kappa shape index (κ2) is 6.86. The van der Waals surface area contributed by atoms with Crippen LogP contribution in [0.5, 0.6) is 0 Å². The second-order valence-electron chi connectivity index (χ2n) is 4.40. The highest BCUT2D eigenvalue weighted by Crippen LogP contribution is 2.32. The Bertz CT molecular complexity index is 209. The smallest absolute Gasteiger partial charge is 0.308 e. The van der Waals surface area contributed by atoms with Crippen LogP contribution in [0.15, 0.2) is 0 Å². The first-order chi connectivity index (χ1) is 7.67. The van der Waals surface area contributed by atoms with Gasteiger partial charge in [-0.25, -0.2) is 0 Å². The van der Waals surface area contributed by atoms with Crippen LogP contribution in [-0.4, -0.2) is 31.1 Å². The fourth-order valence-corrected chi connectivity index (χ4v) is 2.28. The van der Waals surface area contributed by atoms with Gasteiger partial charge in [-0.2, -0.15) is 0 Å². The van der Waals surface area contributed by atoms with E-state index in [0.29, 0.717) is 18.9 Å². The van der Waals surface area contributed by atoms with Crippen LogP contribution in [0, 0.1) is 11.8 Å². The van der Waals surface area contributed by atoms with Crippen LogP contribution in [0.2, 0.25) is 0 Å². The average Bonchev–Trinajstić information content (AvgIpc) is 2.30. The predicted molar refractivity (Wildman–Crippen MR) is 59.7 cm³/mol. The molecule has 0 aromatic rings. The molecule has 0 bridgehead atoms. The fourth-order valence-electron chi connectivity index (χ4n) is 2.28. The minimum atomic E-state index is -0.663. The monoisotopic (exact) mass is 230 g/mol. The summed E-state index contributed by atoms with van der Waals surface area (Å²) < 4.78 is 9.84. The zero-order valence-corrected chi connectivity index (χ0v) is 10.1. The standard InChI is InChI=1S/C12H22O4/c1-3-16-12(14)10-6-4-9(5-7-10)8-11(13)15-2/h9-11,13H,3-8H2,1-2H3. The molecule has 0 heterocycles. The Morgan fingerprint density at radius 1 is 1.38 bits per heavy atom. The van der Waals surface area contributed by atoms with Crippen molar-refractivity contribution in [1.82, 2.24) is 0 Å². The number of hydrogen-bond acceptors (Lipinski definition) is 4. The van der Waals surface area contributed by atoms with Crippen molar-refractivity contribution in [3.05, 3.63) is 0 Å². The summed E-state index contributed by atoms with van der Waals surface area (Å²) in [6, 6.07) is 0. The van der Waals surface area contributed by atoms with E-state index < -0.39 is 6.29 Å². The summed E-state index contributed by atoms with van der Waals surface area (Å²) >= 11 is 0. The lowest BCUT2D eigenvalue weighted by Crippen LogP contribution is -2.26. The molecule has 0 aromatic carbocycles. The summed E-state index contributed by atoms with van der Waals surface area (Å²) in [7, 11) is 1.51. The number of aliphatic hydroxyl groups is 1. The summed E-state index contributed by atoms with van der Waals surface area (Å²) in [6.45, 7) is 2.29. The molecule has 1 atom stereocenters. The molecule has 4 heteroatoms. The van der Waals surface area contributed by atoms with Crippen LogP contribution < -0.4 is 0 Å². The maximum atomic E-state index is 11.5. The molecule has 1 rings (SSSR count). The van der Waals surface area contributed by atoms with Crippen LogP contribution >= 0.6 is 0 Å². The first-order valence-electron chi connectivity index (χ1n) is 6.04. The predicted octanol–water partition coefficient (Wildman–Crippen LogP) is 1.71.